The van der Waals surface area contributed by atoms with E-state index in [2.05, 4.69) is 5.32 Å². The third kappa shape index (κ3) is 2.04. The number of benzene rings is 1. The van der Waals surface area contributed by atoms with E-state index in [1.165, 1.54) is 0 Å². The molecular weight excluding hydrogens is 326 g/mol. The summed E-state index contributed by atoms with van der Waals surface area (Å²) in [6.45, 7) is 0. The van der Waals surface area contributed by atoms with Crippen molar-refractivity contribution in [3.05, 3.63) is 29.8 Å². The number of hydrogen-bond donors (Lipinski definition) is 1. The standard InChI is InChI=1S/C18H19NO6/c1-24-15(22)17(10-6-5-9-13(17)20)18(16(23)25-2)14(21)11-7-3-4-8-12(11)19-18/h3-4,7-8,19H,5-6,9-10H2,1-2H3/t17-,18-/m0/s1. The smallest absolute Gasteiger partial charge is 0.341 e. The largest absolute Gasteiger partial charge is 0.468 e. The predicted octanol–water partition coefficient (Wildman–Crippen LogP) is 1.51. The molecule has 1 N–H and O–H groups in total. The summed E-state index contributed by atoms with van der Waals surface area (Å²) < 4.78 is 9.76. The molecule has 3 rings (SSSR count). The first-order valence-corrected chi connectivity index (χ1v) is 8.08. The first-order chi connectivity index (χ1) is 12.0. The molecule has 1 aromatic rings. The maximum Gasteiger partial charge on any atom is 0.341 e. The number of carbonyl (C=O) groups is 4. The van der Waals surface area contributed by atoms with Gasteiger partial charge in [-0.05, 0) is 25.0 Å². The number of ether oxygens (including phenoxy) is 2. The molecule has 1 saturated carbocycles. The van der Waals surface area contributed by atoms with Gasteiger partial charge < -0.3 is 14.8 Å². The Morgan fingerprint density at radius 1 is 1.04 bits per heavy atom. The molecule has 2 atom stereocenters. The molecule has 1 aliphatic carbocycles. The number of carbonyl (C=O) groups excluding carboxylic acids is 4. The summed E-state index contributed by atoms with van der Waals surface area (Å²) in [5, 5.41) is 2.86. The van der Waals surface area contributed by atoms with Crippen LogP contribution in [0.25, 0.3) is 0 Å². The Bertz CT molecular complexity index is 763. The highest BCUT2D eigenvalue weighted by atomic mass is 16.5. The summed E-state index contributed by atoms with van der Waals surface area (Å²) >= 11 is 0. The average molecular weight is 345 g/mol. The van der Waals surface area contributed by atoms with Crippen LogP contribution in [-0.4, -0.2) is 43.3 Å². The van der Waals surface area contributed by atoms with Gasteiger partial charge in [-0.3, -0.25) is 14.4 Å². The lowest BCUT2D eigenvalue weighted by atomic mass is 9.59. The van der Waals surface area contributed by atoms with E-state index in [4.69, 9.17) is 9.47 Å². The molecule has 25 heavy (non-hydrogen) atoms. The van der Waals surface area contributed by atoms with Crippen LogP contribution >= 0.6 is 0 Å². The van der Waals surface area contributed by atoms with Crippen molar-refractivity contribution in [3.63, 3.8) is 0 Å². The molecule has 1 aromatic carbocycles. The van der Waals surface area contributed by atoms with Gasteiger partial charge >= 0.3 is 11.9 Å². The van der Waals surface area contributed by atoms with Crippen molar-refractivity contribution in [2.75, 3.05) is 19.5 Å². The van der Waals surface area contributed by atoms with Crippen LogP contribution in [0.2, 0.25) is 0 Å². The lowest BCUT2D eigenvalue weighted by molar-refractivity contribution is -0.171. The van der Waals surface area contributed by atoms with E-state index in [0.29, 0.717) is 18.5 Å². The number of ketones is 2. The quantitative estimate of drug-likeness (QED) is 0.655. The van der Waals surface area contributed by atoms with E-state index in [-0.39, 0.29) is 18.4 Å². The second kappa shape index (κ2) is 5.98. The number of fused-ring (bicyclic) bond motifs is 1. The van der Waals surface area contributed by atoms with E-state index in [0.717, 1.165) is 14.2 Å². The molecule has 0 unspecified atom stereocenters. The molecule has 0 radical (unpaired) electrons. The third-order valence-corrected chi connectivity index (χ3v) is 5.18. The number of Topliss-reactive ketones (excluding diaryl/α,β-unsaturated/α-hetero) is 2. The van der Waals surface area contributed by atoms with Gasteiger partial charge in [0, 0.05) is 17.7 Å². The lowest BCUT2D eigenvalue weighted by Crippen LogP contribution is -2.69. The van der Waals surface area contributed by atoms with Crippen molar-refractivity contribution >= 4 is 29.2 Å². The second-order valence-electron chi connectivity index (χ2n) is 6.27. The molecule has 0 amide bonds. The number of rotatable bonds is 3. The Kier molecular flexibility index (Phi) is 4.10. The number of methoxy groups -OCH3 is 2. The van der Waals surface area contributed by atoms with Crippen molar-refractivity contribution in [1.82, 2.24) is 0 Å². The molecular formula is C18H19NO6. The van der Waals surface area contributed by atoms with Crippen LogP contribution in [0.4, 0.5) is 5.69 Å². The van der Waals surface area contributed by atoms with Gasteiger partial charge in [0.25, 0.3) is 0 Å². The zero-order valence-corrected chi connectivity index (χ0v) is 14.1. The maximum absolute atomic E-state index is 13.3. The molecule has 1 fully saturated rings. The van der Waals surface area contributed by atoms with Crippen molar-refractivity contribution in [1.29, 1.82) is 0 Å². The number of esters is 2. The zero-order chi connectivity index (χ0) is 18.2. The monoisotopic (exact) mass is 345 g/mol. The SMILES string of the molecule is COC(=O)[C@]1([C@]2(C(=O)OC)Nc3ccccc3C2=O)CCCCC1=O. The fourth-order valence-electron chi connectivity index (χ4n) is 3.99. The Labute approximate surface area is 144 Å². The van der Waals surface area contributed by atoms with E-state index in [1.807, 2.05) is 0 Å². The van der Waals surface area contributed by atoms with Crippen LogP contribution in [0.15, 0.2) is 24.3 Å². The van der Waals surface area contributed by atoms with E-state index < -0.39 is 34.5 Å². The van der Waals surface area contributed by atoms with Gasteiger partial charge in [0.05, 0.1) is 14.2 Å². The molecule has 0 saturated heterocycles. The number of hydrogen-bond acceptors (Lipinski definition) is 7. The van der Waals surface area contributed by atoms with Gasteiger partial charge in [0.2, 0.25) is 11.3 Å². The van der Waals surface area contributed by atoms with Gasteiger partial charge in [0.1, 0.15) is 0 Å². The normalized spacial score (nSPS) is 28.1. The highest BCUT2D eigenvalue weighted by molar-refractivity contribution is 6.31. The lowest BCUT2D eigenvalue weighted by Gasteiger charge is -2.43. The third-order valence-electron chi connectivity index (χ3n) is 5.18. The minimum absolute atomic E-state index is 0.0420. The summed E-state index contributed by atoms with van der Waals surface area (Å²) in [5.74, 6) is -2.98. The maximum atomic E-state index is 13.3. The van der Waals surface area contributed by atoms with Crippen LogP contribution in [0, 0.1) is 5.41 Å². The molecule has 0 aromatic heterocycles. The fraction of sp³-hybridized carbons (Fsp3) is 0.444. The van der Waals surface area contributed by atoms with Crippen molar-refractivity contribution in [2.24, 2.45) is 5.41 Å². The van der Waals surface area contributed by atoms with Gasteiger partial charge in [-0.25, -0.2) is 4.79 Å². The van der Waals surface area contributed by atoms with E-state index in [9.17, 15) is 19.2 Å². The summed E-state index contributed by atoms with van der Waals surface area (Å²) in [7, 11) is 2.27. The molecule has 1 aliphatic heterocycles. The Hall–Kier alpha value is -2.70. The topological polar surface area (TPSA) is 98.8 Å². The highest BCUT2D eigenvalue weighted by Crippen LogP contribution is 2.51. The molecule has 1 heterocycles. The minimum Gasteiger partial charge on any atom is -0.468 e. The average Bonchev–Trinajstić information content (AvgIpc) is 2.95. The summed E-state index contributed by atoms with van der Waals surface area (Å²) in [5.41, 5.74) is -3.45. The second-order valence-corrected chi connectivity index (χ2v) is 6.27. The summed E-state index contributed by atoms with van der Waals surface area (Å²) in [6.07, 6.45) is 1.25. The minimum atomic E-state index is -2.14. The summed E-state index contributed by atoms with van der Waals surface area (Å²) in [4.78, 5) is 51.8. The molecule has 7 heteroatoms. The molecule has 0 spiro atoms. The fourth-order valence-corrected chi connectivity index (χ4v) is 3.99. The van der Waals surface area contributed by atoms with Gasteiger partial charge in [-0.2, -0.15) is 0 Å². The van der Waals surface area contributed by atoms with Crippen LogP contribution in [0.5, 0.6) is 0 Å². The number of para-hydroxylation sites is 1. The Morgan fingerprint density at radius 2 is 1.72 bits per heavy atom. The van der Waals surface area contributed by atoms with Crippen LogP contribution in [-0.2, 0) is 23.9 Å². The van der Waals surface area contributed by atoms with Crippen molar-refractivity contribution < 1.29 is 28.7 Å². The first kappa shape index (κ1) is 17.1. The first-order valence-electron chi connectivity index (χ1n) is 8.08. The Morgan fingerprint density at radius 3 is 2.32 bits per heavy atom. The van der Waals surface area contributed by atoms with Crippen LogP contribution in [0.3, 0.4) is 0 Å². The molecule has 7 nitrogen and oxygen atoms in total. The molecule has 132 valence electrons. The Balaban J connectivity index is 2.29. The van der Waals surface area contributed by atoms with Gasteiger partial charge in [-0.1, -0.05) is 18.6 Å². The van der Waals surface area contributed by atoms with Crippen molar-refractivity contribution in [2.45, 2.75) is 31.2 Å². The number of nitrogens with one attached hydrogen (secondary N) is 1. The predicted molar refractivity (Wildman–Crippen MR) is 87.1 cm³/mol. The van der Waals surface area contributed by atoms with Crippen LogP contribution in [0.1, 0.15) is 36.0 Å². The van der Waals surface area contributed by atoms with Crippen molar-refractivity contribution in [3.8, 4) is 0 Å². The molecule has 0 bridgehead atoms. The van der Waals surface area contributed by atoms with Gasteiger partial charge in [-0.15, -0.1) is 0 Å². The van der Waals surface area contributed by atoms with E-state index in [1.54, 1.807) is 24.3 Å². The van der Waals surface area contributed by atoms with E-state index >= 15 is 0 Å². The summed E-state index contributed by atoms with van der Waals surface area (Å²) in [6, 6.07) is 6.52. The zero-order valence-electron chi connectivity index (χ0n) is 14.1. The van der Waals surface area contributed by atoms with Crippen LogP contribution < -0.4 is 5.32 Å². The molecule has 2 aliphatic rings. The van der Waals surface area contributed by atoms with Gasteiger partial charge in [0.15, 0.2) is 11.2 Å². The highest BCUT2D eigenvalue weighted by Gasteiger charge is 2.73. The number of anilines is 1.